The van der Waals surface area contributed by atoms with Gasteiger partial charge in [-0.25, -0.2) is 4.98 Å². The lowest BCUT2D eigenvalue weighted by Crippen LogP contribution is -2.42. The monoisotopic (exact) mass is 653 g/mol. The van der Waals surface area contributed by atoms with E-state index in [1.165, 1.54) is 66.7 Å². The first kappa shape index (κ1) is 30.9. The van der Waals surface area contributed by atoms with Gasteiger partial charge in [0.15, 0.2) is 0 Å². The number of nitrogens with zero attached hydrogens (tertiary/aromatic N) is 7. The van der Waals surface area contributed by atoms with Crippen molar-refractivity contribution in [2.24, 2.45) is 11.3 Å². The topological polar surface area (TPSA) is 62.6 Å². The van der Waals surface area contributed by atoms with Crippen LogP contribution in [0.25, 0.3) is 10.8 Å². The molecule has 1 aliphatic carbocycles. The molecule has 0 bridgehead atoms. The van der Waals surface area contributed by atoms with Crippen molar-refractivity contribution in [2.45, 2.75) is 91.0 Å². The third kappa shape index (κ3) is 6.19. The number of halogens is 1. The summed E-state index contributed by atoms with van der Waals surface area (Å²) in [5.41, 5.74) is 6.61. The number of imidazole rings is 1. The number of likely N-dealkylation sites (tertiary alicyclic amines) is 1. The highest BCUT2D eigenvalue weighted by molar-refractivity contribution is 6.36. The second-order valence-corrected chi connectivity index (χ2v) is 15.5. The zero-order valence-electron chi connectivity index (χ0n) is 28.2. The Balaban J connectivity index is 1.11. The van der Waals surface area contributed by atoms with Crippen LogP contribution < -0.4 is 14.5 Å². The Morgan fingerprint density at radius 2 is 1.79 bits per heavy atom. The zero-order chi connectivity index (χ0) is 32.1. The molecule has 5 heterocycles. The van der Waals surface area contributed by atoms with Crippen LogP contribution in [0.4, 0.5) is 11.5 Å². The van der Waals surface area contributed by atoms with Crippen LogP contribution >= 0.6 is 11.6 Å². The minimum absolute atomic E-state index is 0.170. The normalized spacial score (nSPS) is 20.2. The van der Waals surface area contributed by atoms with Crippen molar-refractivity contribution in [3.63, 3.8) is 0 Å². The van der Waals surface area contributed by atoms with Crippen molar-refractivity contribution in [3.05, 3.63) is 70.4 Å². The third-order valence-electron chi connectivity index (χ3n) is 11.3. The van der Waals surface area contributed by atoms with Gasteiger partial charge in [-0.15, -0.1) is 0 Å². The molecule has 0 radical (unpaired) electrons. The average Bonchev–Trinajstić information content (AvgIpc) is 3.54. The molecule has 8 nitrogen and oxygen atoms in total. The zero-order valence-corrected chi connectivity index (χ0v) is 29.0. The van der Waals surface area contributed by atoms with Gasteiger partial charge in [0.25, 0.3) is 0 Å². The highest BCUT2D eigenvalue weighted by Gasteiger charge is 2.38. The average molecular weight is 654 g/mol. The maximum atomic E-state index is 6.90. The largest absolute Gasteiger partial charge is 0.460 e. The van der Waals surface area contributed by atoms with Crippen LogP contribution in [0.3, 0.4) is 0 Å². The van der Waals surface area contributed by atoms with E-state index in [1.807, 2.05) is 18.6 Å². The first-order valence-electron chi connectivity index (χ1n) is 17.8. The fraction of sp³-hybridized carbons (Fsp3) is 0.553. The summed E-state index contributed by atoms with van der Waals surface area (Å²) in [6, 6.07) is 11.5. The summed E-state index contributed by atoms with van der Waals surface area (Å²) in [6.45, 7) is 11.2. The first-order valence-corrected chi connectivity index (χ1v) is 18.2. The summed E-state index contributed by atoms with van der Waals surface area (Å²) < 4.78 is 8.99. The molecule has 0 N–H and O–H groups in total. The van der Waals surface area contributed by atoms with Crippen molar-refractivity contribution >= 4 is 33.9 Å². The molecule has 2 aromatic carbocycles. The summed E-state index contributed by atoms with van der Waals surface area (Å²) in [5.74, 6) is 1.61. The van der Waals surface area contributed by atoms with Crippen LogP contribution in [0.1, 0.15) is 74.9 Å². The quantitative estimate of drug-likeness (QED) is 0.217. The standard InChI is InChI=1S/C38H48ClN7O/c1-26(2)19-27-20-28-5-4-6-32(39)35(28)34(21-27)44-14-9-31-33(24-44)41-37(42-36(31)45-17-18-46-25-40-22-29(46)23-45)47-30-7-10-38(11-8-30)12-15-43(3)16-13-38/h4-6,20-22,25-26,30H,7-19,23-24H2,1-3H3. The molecule has 3 aliphatic heterocycles. The molecule has 1 spiro atoms. The van der Waals surface area contributed by atoms with Crippen molar-refractivity contribution in [1.82, 2.24) is 24.4 Å². The summed E-state index contributed by atoms with van der Waals surface area (Å²) in [7, 11) is 2.25. The van der Waals surface area contributed by atoms with Gasteiger partial charge in [0.05, 0.1) is 35.8 Å². The molecule has 4 aliphatic rings. The van der Waals surface area contributed by atoms with Gasteiger partial charge in [-0.2, -0.15) is 9.97 Å². The number of ether oxygens (including phenoxy) is 1. The van der Waals surface area contributed by atoms with E-state index in [0.29, 0.717) is 23.9 Å². The second kappa shape index (κ2) is 12.6. The van der Waals surface area contributed by atoms with Crippen LogP contribution in [0, 0.1) is 11.3 Å². The smallest absolute Gasteiger partial charge is 0.318 e. The van der Waals surface area contributed by atoms with Crippen LogP contribution in [-0.2, 0) is 32.5 Å². The SMILES string of the molecule is CC(C)Cc1cc(N2CCc3c(nc(OC4CCC5(CC4)CCN(C)CC5)nc3N3CCn4cncc4C3)C2)c2c(Cl)cccc2c1. The molecule has 0 amide bonds. The van der Waals surface area contributed by atoms with Gasteiger partial charge >= 0.3 is 6.01 Å². The van der Waals surface area contributed by atoms with E-state index in [-0.39, 0.29) is 6.10 Å². The molecule has 4 aromatic rings. The van der Waals surface area contributed by atoms with E-state index < -0.39 is 0 Å². The molecule has 1 saturated carbocycles. The first-order chi connectivity index (χ1) is 22.8. The van der Waals surface area contributed by atoms with Crippen molar-refractivity contribution in [1.29, 1.82) is 0 Å². The Morgan fingerprint density at radius 3 is 2.60 bits per heavy atom. The third-order valence-corrected chi connectivity index (χ3v) is 11.7. The maximum absolute atomic E-state index is 6.90. The van der Waals surface area contributed by atoms with E-state index in [2.05, 4.69) is 69.4 Å². The van der Waals surface area contributed by atoms with Gasteiger partial charge in [-0.1, -0.05) is 43.6 Å². The molecule has 2 fully saturated rings. The fourth-order valence-corrected chi connectivity index (χ4v) is 8.87. The maximum Gasteiger partial charge on any atom is 0.318 e. The minimum Gasteiger partial charge on any atom is -0.460 e. The summed E-state index contributed by atoms with van der Waals surface area (Å²) >= 11 is 6.90. The Hall–Kier alpha value is -3.36. The van der Waals surface area contributed by atoms with E-state index >= 15 is 0 Å². The predicted octanol–water partition coefficient (Wildman–Crippen LogP) is 7.29. The Bertz CT molecular complexity index is 1750. The van der Waals surface area contributed by atoms with Gasteiger partial charge in [0, 0.05) is 42.5 Å². The van der Waals surface area contributed by atoms with Crippen LogP contribution in [0.5, 0.6) is 6.01 Å². The Labute approximate surface area is 284 Å². The van der Waals surface area contributed by atoms with Crippen molar-refractivity contribution < 1.29 is 4.74 Å². The number of piperidine rings is 1. The number of hydrogen-bond acceptors (Lipinski definition) is 7. The number of benzene rings is 2. The van der Waals surface area contributed by atoms with Crippen LogP contribution in [-0.4, -0.2) is 63.7 Å². The Kier molecular flexibility index (Phi) is 8.29. The van der Waals surface area contributed by atoms with E-state index in [4.69, 9.17) is 26.3 Å². The molecule has 1 saturated heterocycles. The molecule has 2 aromatic heterocycles. The predicted molar refractivity (Wildman–Crippen MR) is 190 cm³/mol. The molecule has 248 valence electrons. The summed E-state index contributed by atoms with van der Waals surface area (Å²) in [5, 5.41) is 3.13. The van der Waals surface area contributed by atoms with Gasteiger partial charge in [-0.3, -0.25) is 0 Å². The highest BCUT2D eigenvalue weighted by atomic mass is 35.5. The Morgan fingerprint density at radius 1 is 0.957 bits per heavy atom. The van der Waals surface area contributed by atoms with E-state index in [9.17, 15) is 0 Å². The van der Waals surface area contributed by atoms with Gasteiger partial charge in [-0.05, 0) is 106 Å². The lowest BCUT2D eigenvalue weighted by atomic mass is 9.67. The molecule has 9 heteroatoms. The number of anilines is 2. The molecular formula is C38H48ClN7O. The molecule has 8 rings (SSSR count). The van der Waals surface area contributed by atoms with Crippen LogP contribution in [0.2, 0.25) is 5.02 Å². The lowest BCUT2D eigenvalue weighted by Gasteiger charge is -2.45. The number of fused-ring (bicyclic) bond motifs is 3. The summed E-state index contributed by atoms with van der Waals surface area (Å²) in [6.07, 6.45) is 13.3. The van der Waals surface area contributed by atoms with Crippen LogP contribution in [0.15, 0.2) is 42.9 Å². The van der Waals surface area contributed by atoms with Gasteiger partial charge in [0.2, 0.25) is 0 Å². The lowest BCUT2D eigenvalue weighted by molar-refractivity contribution is 0.0293. The number of hydrogen-bond donors (Lipinski definition) is 0. The minimum atomic E-state index is 0.170. The van der Waals surface area contributed by atoms with Crippen molar-refractivity contribution in [2.75, 3.05) is 43.0 Å². The molecular weight excluding hydrogens is 606 g/mol. The number of rotatable bonds is 6. The summed E-state index contributed by atoms with van der Waals surface area (Å²) in [4.78, 5) is 22.2. The number of aromatic nitrogens is 4. The highest BCUT2D eigenvalue weighted by Crippen LogP contribution is 2.45. The molecule has 0 atom stereocenters. The van der Waals surface area contributed by atoms with E-state index in [1.54, 1.807) is 0 Å². The second-order valence-electron chi connectivity index (χ2n) is 15.1. The van der Waals surface area contributed by atoms with Gasteiger partial charge in [0.1, 0.15) is 11.9 Å². The molecule has 47 heavy (non-hydrogen) atoms. The van der Waals surface area contributed by atoms with E-state index in [0.717, 1.165) is 73.8 Å². The molecule has 0 unspecified atom stereocenters. The fourth-order valence-electron chi connectivity index (χ4n) is 8.60. The van der Waals surface area contributed by atoms with Crippen molar-refractivity contribution in [3.8, 4) is 6.01 Å². The van der Waals surface area contributed by atoms with Gasteiger partial charge < -0.3 is 24.0 Å².